The Morgan fingerprint density at radius 1 is 1.42 bits per heavy atom. The van der Waals surface area contributed by atoms with Crippen LogP contribution < -0.4 is 16.6 Å². The van der Waals surface area contributed by atoms with E-state index in [1.807, 2.05) is 10.8 Å². The van der Waals surface area contributed by atoms with Crippen LogP contribution in [-0.2, 0) is 6.54 Å². The number of aryl methyl sites for hydroxylation is 1. The number of carbonyl (C=O) groups excluding carboxylic acids is 1. The van der Waals surface area contributed by atoms with Crippen LogP contribution in [0, 0.1) is 0 Å². The van der Waals surface area contributed by atoms with Gasteiger partial charge in [0.05, 0.1) is 6.33 Å². The zero-order chi connectivity index (χ0) is 13.5. The number of hydrogen-bond acceptors (Lipinski definition) is 5. The zero-order valence-electron chi connectivity index (χ0n) is 10.4. The van der Waals surface area contributed by atoms with Crippen molar-refractivity contribution in [2.24, 2.45) is 5.84 Å². The molecule has 0 radical (unpaired) electrons. The van der Waals surface area contributed by atoms with Crippen molar-refractivity contribution in [3.63, 3.8) is 0 Å². The normalized spacial score (nSPS) is 10.2. The standard InChI is InChI=1S/C12H16N6O/c13-17-11-4-1-3-10(16-11)12(19)15-5-2-7-18-8-6-14-9-18/h1,3-4,6,8-9H,2,5,7,13H2,(H,15,19)(H,16,17). The van der Waals surface area contributed by atoms with E-state index in [1.54, 1.807) is 30.7 Å². The molecular weight excluding hydrogens is 244 g/mol. The fraction of sp³-hybridized carbons (Fsp3) is 0.250. The molecule has 0 aromatic carbocycles. The summed E-state index contributed by atoms with van der Waals surface area (Å²) >= 11 is 0. The third-order valence-corrected chi connectivity index (χ3v) is 2.57. The minimum atomic E-state index is -0.206. The van der Waals surface area contributed by atoms with Crippen molar-refractivity contribution < 1.29 is 4.79 Å². The fourth-order valence-electron chi connectivity index (χ4n) is 1.61. The zero-order valence-corrected chi connectivity index (χ0v) is 10.4. The molecule has 0 spiro atoms. The largest absolute Gasteiger partial charge is 0.351 e. The number of amides is 1. The molecule has 2 rings (SSSR count). The minimum Gasteiger partial charge on any atom is -0.351 e. The van der Waals surface area contributed by atoms with Crippen molar-refractivity contribution in [2.75, 3.05) is 12.0 Å². The highest BCUT2D eigenvalue weighted by Crippen LogP contribution is 2.02. The summed E-state index contributed by atoms with van der Waals surface area (Å²) in [6, 6.07) is 5.06. The topological polar surface area (TPSA) is 97.9 Å². The van der Waals surface area contributed by atoms with Gasteiger partial charge in [-0.15, -0.1) is 0 Å². The summed E-state index contributed by atoms with van der Waals surface area (Å²) in [6.07, 6.45) is 6.20. The Labute approximate surface area is 110 Å². The number of nitrogens with one attached hydrogen (secondary N) is 2. The van der Waals surface area contributed by atoms with E-state index in [0.717, 1.165) is 13.0 Å². The summed E-state index contributed by atoms with van der Waals surface area (Å²) in [5, 5.41) is 2.81. The molecule has 0 aliphatic carbocycles. The van der Waals surface area contributed by atoms with E-state index in [1.165, 1.54) is 0 Å². The van der Waals surface area contributed by atoms with Crippen LogP contribution >= 0.6 is 0 Å². The number of imidazole rings is 1. The van der Waals surface area contributed by atoms with Gasteiger partial charge in [-0.25, -0.2) is 15.8 Å². The molecule has 0 unspecified atom stereocenters. The van der Waals surface area contributed by atoms with Crippen molar-refractivity contribution in [1.82, 2.24) is 19.9 Å². The van der Waals surface area contributed by atoms with E-state index >= 15 is 0 Å². The van der Waals surface area contributed by atoms with E-state index in [0.29, 0.717) is 18.1 Å². The van der Waals surface area contributed by atoms with Crippen molar-refractivity contribution in [2.45, 2.75) is 13.0 Å². The molecule has 2 heterocycles. The van der Waals surface area contributed by atoms with Crippen molar-refractivity contribution in [1.29, 1.82) is 0 Å². The summed E-state index contributed by atoms with van der Waals surface area (Å²) in [4.78, 5) is 19.8. The number of nitrogens with two attached hydrogens (primary N) is 1. The van der Waals surface area contributed by atoms with Gasteiger partial charge in [0.25, 0.3) is 5.91 Å². The first-order valence-electron chi connectivity index (χ1n) is 5.97. The number of anilines is 1. The summed E-state index contributed by atoms with van der Waals surface area (Å²) < 4.78 is 1.96. The lowest BCUT2D eigenvalue weighted by atomic mass is 10.3. The summed E-state index contributed by atoms with van der Waals surface area (Å²) in [7, 11) is 0. The second-order valence-electron chi connectivity index (χ2n) is 3.96. The van der Waals surface area contributed by atoms with Gasteiger partial charge in [-0.05, 0) is 18.6 Å². The van der Waals surface area contributed by atoms with Crippen molar-refractivity contribution >= 4 is 11.7 Å². The molecule has 0 bridgehead atoms. The number of nitrogen functional groups attached to an aromatic ring is 1. The van der Waals surface area contributed by atoms with Crippen molar-refractivity contribution in [3.05, 3.63) is 42.6 Å². The third-order valence-electron chi connectivity index (χ3n) is 2.57. The lowest BCUT2D eigenvalue weighted by Gasteiger charge is -2.06. The second-order valence-corrected chi connectivity index (χ2v) is 3.96. The lowest BCUT2D eigenvalue weighted by Crippen LogP contribution is -2.26. The Bertz CT molecular complexity index is 525. The maximum absolute atomic E-state index is 11.8. The number of nitrogens with zero attached hydrogens (tertiary/aromatic N) is 3. The molecule has 1 amide bonds. The Balaban J connectivity index is 1.77. The van der Waals surface area contributed by atoms with Gasteiger partial charge < -0.3 is 15.3 Å². The number of rotatable bonds is 6. The maximum atomic E-state index is 11.8. The molecule has 0 atom stereocenters. The molecule has 7 nitrogen and oxygen atoms in total. The average Bonchev–Trinajstić information content (AvgIpc) is 2.96. The van der Waals surface area contributed by atoms with Crippen LogP contribution in [0.1, 0.15) is 16.9 Å². The van der Waals surface area contributed by atoms with Crippen LogP contribution in [0.25, 0.3) is 0 Å². The smallest absolute Gasteiger partial charge is 0.269 e. The maximum Gasteiger partial charge on any atom is 0.269 e. The molecule has 7 heteroatoms. The minimum absolute atomic E-state index is 0.206. The third kappa shape index (κ3) is 3.78. The van der Waals surface area contributed by atoms with E-state index in [2.05, 4.69) is 20.7 Å². The first kappa shape index (κ1) is 13.0. The molecule has 19 heavy (non-hydrogen) atoms. The molecule has 4 N–H and O–H groups in total. The van der Waals surface area contributed by atoms with E-state index < -0.39 is 0 Å². The molecule has 100 valence electrons. The number of aromatic nitrogens is 3. The molecule has 0 aliphatic rings. The number of pyridine rings is 1. The first-order chi connectivity index (χ1) is 9.29. The highest BCUT2D eigenvalue weighted by molar-refractivity contribution is 5.92. The van der Waals surface area contributed by atoms with E-state index in [-0.39, 0.29) is 5.91 Å². The lowest BCUT2D eigenvalue weighted by molar-refractivity contribution is 0.0948. The van der Waals surface area contributed by atoms with E-state index in [4.69, 9.17) is 5.84 Å². The number of hydrogen-bond donors (Lipinski definition) is 3. The predicted molar refractivity (Wildman–Crippen MR) is 71.2 cm³/mol. The van der Waals surface area contributed by atoms with E-state index in [9.17, 15) is 4.79 Å². The number of carbonyl (C=O) groups is 1. The van der Waals surface area contributed by atoms with Crippen LogP contribution in [0.2, 0.25) is 0 Å². The van der Waals surface area contributed by atoms with Gasteiger partial charge in [0, 0.05) is 25.5 Å². The molecule has 0 saturated heterocycles. The van der Waals surface area contributed by atoms with Crippen LogP contribution in [-0.4, -0.2) is 27.0 Å². The monoisotopic (exact) mass is 260 g/mol. The Kier molecular flexibility index (Phi) is 4.46. The van der Waals surface area contributed by atoms with Gasteiger partial charge in [-0.1, -0.05) is 6.07 Å². The molecule has 0 aliphatic heterocycles. The SMILES string of the molecule is NNc1cccc(C(=O)NCCCn2ccnc2)n1. The van der Waals surface area contributed by atoms with Crippen LogP contribution in [0.3, 0.4) is 0 Å². The molecule has 0 saturated carbocycles. The molecular formula is C12H16N6O. The quantitative estimate of drug-likeness (QED) is 0.396. The van der Waals surface area contributed by atoms with Gasteiger partial charge in [-0.2, -0.15) is 0 Å². The van der Waals surface area contributed by atoms with Crippen molar-refractivity contribution in [3.8, 4) is 0 Å². The summed E-state index contributed by atoms with van der Waals surface area (Å²) in [5.41, 5.74) is 2.75. The first-order valence-corrected chi connectivity index (χ1v) is 5.97. The van der Waals surface area contributed by atoms with Gasteiger partial charge in [0.2, 0.25) is 0 Å². The molecule has 2 aromatic heterocycles. The van der Waals surface area contributed by atoms with Gasteiger partial charge in [0.1, 0.15) is 11.5 Å². The van der Waals surface area contributed by atoms with Crippen LogP contribution in [0.4, 0.5) is 5.82 Å². The van der Waals surface area contributed by atoms with Crippen LogP contribution in [0.5, 0.6) is 0 Å². The van der Waals surface area contributed by atoms with Gasteiger partial charge in [-0.3, -0.25) is 4.79 Å². The number of hydrazine groups is 1. The Morgan fingerprint density at radius 2 is 2.32 bits per heavy atom. The van der Waals surface area contributed by atoms with Gasteiger partial charge in [0.15, 0.2) is 0 Å². The average molecular weight is 260 g/mol. The van der Waals surface area contributed by atoms with Crippen LogP contribution in [0.15, 0.2) is 36.9 Å². The second kappa shape index (κ2) is 6.50. The summed E-state index contributed by atoms with van der Waals surface area (Å²) in [6.45, 7) is 1.40. The molecule has 0 fully saturated rings. The Morgan fingerprint density at radius 3 is 3.05 bits per heavy atom. The fourth-order valence-corrected chi connectivity index (χ4v) is 1.61. The predicted octanol–water partition coefficient (Wildman–Crippen LogP) is 0.384. The highest BCUT2D eigenvalue weighted by Gasteiger charge is 2.06. The highest BCUT2D eigenvalue weighted by atomic mass is 16.1. The molecule has 2 aromatic rings. The summed E-state index contributed by atoms with van der Waals surface area (Å²) in [5.74, 6) is 5.50. The Hall–Kier alpha value is -2.41. The van der Waals surface area contributed by atoms with Gasteiger partial charge >= 0.3 is 0 Å².